The molecule has 1 heterocycles. The van der Waals surface area contributed by atoms with Crippen molar-refractivity contribution in [2.75, 3.05) is 26.4 Å². The van der Waals surface area contributed by atoms with E-state index in [1.807, 2.05) is 0 Å². The lowest BCUT2D eigenvalue weighted by molar-refractivity contribution is -0.145. The molecule has 1 saturated heterocycles. The van der Waals surface area contributed by atoms with E-state index >= 15 is 0 Å². The number of carbonyl (C=O) groups excluding carboxylic acids is 2. The predicted octanol–water partition coefficient (Wildman–Crippen LogP) is 0.640. The molecular formula is C13H23NO5. The Balaban J connectivity index is 2.15. The van der Waals surface area contributed by atoms with Gasteiger partial charge in [-0.1, -0.05) is 0 Å². The molecule has 110 valence electrons. The summed E-state index contributed by atoms with van der Waals surface area (Å²) in [5.41, 5.74) is 0. The van der Waals surface area contributed by atoms with Gasteiger partial charge in [0, 0.05) is 6.61 Å². The first-order chi connectivity index (χ1) is 9.13. The largest absolute Gasteiger partial charge is 0.465 e. The fourth-order valence-electron chi connectivity index (χ4n) is 1.78. The molecule has 0 aromatic rings. The lowest BCUT2D eigenvalue weighted by Crippen LogP contribution is -2.39. The van der Waals surface area contributed by atoms with Gasteiger partial charge in [-0.2, -0.15) is 0 Å². The Bertz CT molecular complexity index is 289. The Kier molecular flexibility index (Phi) is 7.43. The first-order valence-electron chi connectivity index (χ1n) is 6.80. The summed E-state index contributed by atoms with van der Waals surface area (Å²) >= 11 is 0. The molecule has 2 atom stereocenters. The van der Waals surface area contributed by atoms with Crippen LogP contribution in [0.1, 0.15) is 33.1 Å². The molecule has 0 radical (unpaired) electrons. The molecule has 6 heteroatoms. The van der Waals surface area contributed by atoms with Crippen molar-refractivity contribution in [3.63, 3.8) is 0 Å². The Morgan fingerprint density at radius 3 is 2.84 bits per heavy atom. The molecule has 0 saturated carbocycles. The Morgan fingerprint density at radius 1 is 1.42 bits per heavy atom. The number of hydrogen-bond acceptors (Lipinski definition) is 5. The van der Waals surface area contributed by atoms with Crippen molar-refractivity contribution in [1.29, 1.82) is 0 Å². The molecule has 0 aromatic heterocycles. The topological polar surface area (TPSA) is 73.9 Å². The van der Waals surface area contributed by atoms with Gasteiger partial charge in [0.1, 0.15) is 12.6 Å². The highest BCUT2D eigenvalue weighted by Gasteiger charge is 2.19. The zero-order chi connectivity index (χ0) is 14.1. The van der Waals surface area contributed by atoms with Crippen LogP contribution in [-0.2, 0) is 23.8 Å². The van der Waals surface area contributed by atoms with Crippen molar-refractivity contribution < 1.29 is 23.8 Å². The van der Waals surface area contributed by atoms with E-state index in [0.29, 0.717) is 13.2 Å². The summed E-state index contributed by atoms with van der Waals surface area (Å²) in [6, 6.07) is 0. The van der Waals surface area contributed by atoms with Gasteiger partial charge < -0.3 is 19.5 Å². The van der Waals surface area contributed by atoms with E-state index in [4.69, 9.17) is 14.2 Å². The van der Waals surface area contributed by atoms with E-state index in [0.717, 1.165) is 25.9 Å². The van der Waals surface area contributed by atoms with Crippen LogP contribution in [0.15, 0.2) is 0 Å². The van der Waals surface area contributed by atoms with Crippen LogP contribution in [0, 0.1) is 0 Å². The molecule has 19 heavy (non-hydrogen) atoms. The molecular weight excluding hydrogens is 250 g/mol. The molecule has 6 nitrogen and oxygen atoms in total. The van der Waals surface area contributed by atoms with Crippen LogP contribution in [-0.4, -0.2) is 50.4 Å². The van der Waals surface area contributed by atoms with E-state index in [9.17, 15) is 9.59 Å². The third kappa shape index (κ3) is 6.54. The first-order valence-corrected chi connectivity index (χ1v) is 6.80. The van der Waals surface area contributed by atoms with Gasteiger partial charge in [-0.25, -0.2) is 0 Å². The van der Waals surface area contributed by atoms with Gasteiger partial charge in [-0.15, -0.1) is 0 Å². The SMILES string of the molecule is CCOC(=O)CNC(=O)C(C)OCC1CCCCO1. The van der Waals surface area contributed by atoms with Gasteiger partial charge in [0.25, 0.3) is 0 Å². The number of esters is 1. The second-order valence-electron chi connectivity index (χ2n) is 4.49. The highest BCUT2D eigenvalue weighted by Crippen LogP contribution is 2.13. The summed E-state index contributed by atoms with van der Waals surface area (Å²) in [6.07, 6.45) is 2.68. The molecule has 1 amide bonds. The van der Waals surface area contributed by atoms with Gasteiger partial charge in [-0.05, 0) is 33.1 Å². The molecule has 1 fully saturated rings. The monoisotopic (exact) mass is 273 g/mol. The smallest absolute Gasteiger partial charge is 0.325 e. The highest BCUT2D eigenvalue weighted by molar-refractivity contribution is 5.84. The fourth-order valence-corrected chi connectivity index (χ4v) is 1.78. The Morgan fingerprint density at radius 2 is 2.21 bits per heavy atom. The quantitative estimate of drug-likeness (QED) is 0.689. The normalized spacial score (nSPS) is 20.6. The lowest BCUT2D eigenvalue weighted by Gasteiger charge is -2.23. The van der Waals surface area contributed by atoms with Crippen LogP contribution in [0.2, 0.25) is 0 Å². The van der Waals surface area contributed by atoms with E-state index in [2.05, 4.69) is 5.32 Å². The molecule has 0 aromatic carbocycles. The lowest BCUT2D eigenvalue weighted by atomic mass is 10.1. The Hall–Kier alpha value is -1.14. The number of nitrogens with one attached hydrogen (secondary N) is 1. The highest BCUT2D eigenvalue weighted by atomic mass is 16.5. The number of amides is 1. The van der Waals surface area contributed by atoms with Crippen molar-refractivity contribution in [2.45, 2.75) is 45.3 Å². The van der Waals surface area contributed by atoms with Gasteiger partial charge in [0.15, 0.2) is 0 Å². The van der Waals surface area contributed by atoms with Crippen molar-refractivity contribution in [3.05, 3.63) is 0 Å². The molecule has 0 spiro atoms. The summed E-state index contributed by atoms with van der Waals surface area (Å²) in [7, 11) is 0. The van der Waals surface area contributed by atoms with Gasteiger partial charge in [0.05, 0.1) is 19.3 Å². The maximum Gasteiger partial charge on any atom is 0.325 e. The van der Waals surface area contributed by atoms with Crippen LogP contribution in [0.5, 0.6) is 0 Å². The first kappa shape index (κ1) is 15.9. The molecule has 1 N–H and O–H groups in total. The second-order valence-corrected chi connectivity index (χ2v) is 4.49. The average molecular weight is 273 g/mol. The minimum absolute atomic E-state index is 0.0778. The van der Waals surface area contributed by atoms with E-state index < -0.39 is 12.1 Å². The van der Waals surface area contributed by atoms with Crippen LogP contribution in [0.4, 0.5) is 0 Å². The molecule has 0 bridgehead atoms. The number of rotatable bonds is 7. The molecule has 1 aliphatic rings. The molecule has 1 rings (SSSR count). The fraction of sp³-hybridized carbons (Fsp3) is 0.846. The number of carbonyl (C=O) groups is 2. The van der Waals surface area contributed by atoms with Crippen LogP contribution in [0.3, 0.4) is 0 Å². The van der Waals surface area contributed by atoms with Crippen molar-refractivity contribution in [2.24, 2.45) is 0 Å². The summed E-state index contributed by atoms with van der Waals surface area (Å²) < 4.78 is 15.7. The maximum atomic E-state index is 11.6. The van der Waals surface area contributed by atoms with Gasteiger partial charge >= 0.3 is 5.97 Å². The van der Waals surface area contributed by atoms with Crippen molar-refractivity contribution in [3.8, 4) is 0 Å². The summed E-state index contributed by atoms with van der Waals surface area (Å²) in [6.45, 7) is 4.73. The number of hydrogen-bond donors (Lipinski definition) is 1. The van der Waals surface area contributed by atoms with Crippen molar-refractivity contribution >= 4 is 11.9 Å². The standard InChI is InChI=1S/C13H23NO5/c1-3-17-12(15)8-14-13(16)10(2)19-9-11-6-4-5-7-18-11/h10-11H,3-9H2,1-2H3,(H,14,16). The summed E-state index contributed by atoms with van der Waals surface area (Å²) in [5.74, 6) is -0.762. The van der Waals surface area contributed by atoms with Crippen LogP contribution in [0.25, 0.3) is 0 Å². The van der Waals surface area contributed by atoms with Gasteiger partial charge in [-0.3, -0.25) is 9.59 Å². The van der Waals surface area contributed by atoms with E-state index in [1.54, 1.807) is 13.8 Å². The third-order valence-electron chi connectivity index (χ3n) is 2.89. The average Bonchev–Trinajstić information content (AvgIpc) is 2.43. The Labute approximate surface area is 113 Å². The third-order valence-corrected chi connectivity index (χ3v) is 2.89. The summed E-state index contributed by atoms with van der Waals surface area (Å²) in [4.78, 5) is 22.7. The van der Waals surface area contributed by atoms with Crippen LogP contribution >= 0.6 is 0 Å². The number of ether oxygens (including phenoxy) is 3. The van der Waals surface area contributed by atoms with Crippen molar-refractivity contribution in [1.82, 2.24) is 5.32 Å². The van der Waals surface area contributed by atoms with E-state index in [-0.39, 0.29) is 18.6 Å². The molecule has 2 unspecified atom stereocenters. The van der Waals surface area contributed by atoms with Crippen LogP contribution < -0.4 is 5.32 Å². The predicted molar refractivity (Wildman–Crippen MR) is 68.6 cm³/mol. The molecule has 1 aliphatic heterocycles. The zero-order valence-electron chi connectivity index (χ0n) is 11.6. The minimum atomic E-state index is -0.597. The zero-order valence-corrected chi connectivity index (χ0v) is 11.6. The molecule has 0 aliphatic carbocycles. The second kappa shape index (κ2) is 8.87. The summed E-state index contributed by atoms with van der Waals surface area (Å²) in [5, 5.41) is 2.48. The van der Waals surface area contributed by atoms with Gasteiger partial charge in [0.2, 0.25) is 5.91 Å². The van der Waals surface area contributed by atoms with E-state index in [1.165, 1.54) is 0 Å². The minimum Gasteiger partial charge on any atom is -0.465 e. The maximum absolute atomic E-state index is 11.6.